The first-order valence-corrected chi connectivity index (χ1v) is 5.74. The molecule has 1 aromatic heterocycles. The molecule has 1 amide bonds. The van der Waals surface area contributed by atoms with Crippen LogP contribution in [-0.2, 0) is 11.3 Å². The van der Waals surface area contributed by atoms with Crippen molar-refractivity contribution < 1.29 is 4.79 Å². The van der Waals surface area contributed by atoms with Gasteiger partial charge >= 0.3 is 0 Å². The SMILES string of the molecule is CC1(C)C(=O)NCCN1Cc1cccnc1N. The number of carbonyl (C=O) groups excluding carboxylic acids is 1. The number of carbonyl (C=O) groups is 1. The summed E-state index contributed by atoms with van der Waals surface area (Å²) in [7, 11) is 0. The molecule has 17 heavy (non-hydrogen) atoms. The number of pyridine rings is 1. The van der Waals surface area contributed by atoms with Crippen molar-refractivity contribution in [1.82, 2.24) is 15.2 Å². The molecule has 1 aromatic rings. The molecule has 0 spiro atoms. The quantitative estimate of drug-likeness (QED) is 0.775. The van der Waals surface area contributed by atoms with E-state index in [1.807, 2.05) is 26.0 Å². The van der Waals surface area contributed by atoms with Crippen LogP contribution in [0.25, 0.3) is 0 Å². The van der Waals surface area contributed by atoms with Crippen molar-refractivity contribution in [2.24, 2.45) is 0 Å². The van der Waals surface area contributed by atoms with Crippen LogP contribution < -0.4 is 11.1 Å². The van der Waals surface area contributed by atoms with Gasteiger partial charge in [0.2, 0.25) is 5.91 Å². The molecule has 1 aliphatic heterocycles. The van der Waals surface area contributed by atoms with E-state index in [0.29, 0.717) is 18.9 Å². The van der Waals surface area contributed by atoms with Gasteiger partial charge < -0.3 is 11.1 Å². The van der Waals surface area contributed by atoms with Crippen LogP contribution in [0.15, 0.2) is 18.3 Å². The van der Waals surface area contributed by atoms with Crippen LogP contribution in [0, 0.1) is 0 Å². The summed E-state index contributed by atoms with van der Waals surface area (Å²) in [6.45, 7) is 6.01. The molecule has 2 heterocycles. The summed E-state index contributed by atoms with van der Waals surface area (Å²) < 4.78 is 0. The summed E-state index contributed by atoms with van der Waals surface area (Å²) in [5.74, 6) is 0.598. The maximum absolute atomic E-state index is 11.8. The molecule has 0 radical (unpaired) electrons. The summed E-state index contributed by atoms with van der Waals surface area (Å²) in [5.41, 5.74) is 6.29. The molecule has 92 valence electrons. The molecule has 0 unspecified atom stereocenters. The highest BCUT2D eigenvalue weighted by Gasteiger charge is 2.37. The van der Waals surface area contributed by atoms with Crippen LogP contribution in [0.3, 0.4) is 0 Å². The number of nitrogen functional groups attached to an aromatic ring is 1. The summed E-state index contributed by atoms with van der Waals surface area (Å²) in [5, 5.41) is 2.88. The van der Waals surface area contributed by atoms with Gasteiger partial charge in [0, 0.05) is 31.4 Å². The molecular formula is C12H18N4O. The molecule has 0 atom stereocenters. The fraction of sp³-hybridized carbons (Fsp3) is 0.500. The molecule has 0 saturated carbocycles. The van der Waals surface area contributed by atoms with Gasteiger partial charge in [-0.3, -0.25) is 9.69 Å². The van der Waals surface area contributed by atoms with Crippen LogP contribution in [-0.4, -0.2) is 34.4 Å². The zero-order valence-electron chi connectivity index (χ0n) is 10.2. The minimum absolute atomic E-state index is 0.0613. The first-order valence-electron chi connectivity index (χ1n) is 5.74. The highest BCUT2D eigenvalue weighted by atomic mass is 16.2. The van der Waals surface area contributed by atoms with Crippen LogP contribution >= 0.6 is 0 Å². The van der Waals surface area contributed by atoms with E-state index in [9.17, 15) is 4.79 Å². The lowest BCUT2D eigenvalue weighted by atomic mass is 9.98. The van der Waals surface area contributed by atoms with Crippen molar-refractivity contribution in [3.8, 4) is 0 Å². The maximum atomic E-state index is 11.8. The van der Waals surface area contributed by atoms with Crippen molar-refractivity contribution in [3.63, 3.8) is 0 Å². The Morgan fingerprint density at radius 2 is 2.35 bits per heavy atom. The lowest BCUT2D eigenvalue weighted by Gasteiger charge is -2.41. The topological polar surface area (TPSA) is 71.2 Å². The average molecular weight is 234 g/mol. The van der Waals surface area contributed by atoms with Gasteiger partial charge in [0.15, 0.2) is 0 Å². The molecule has 0 aromatic carbocycles. The lowest BCUT2D eigenvalue weighted by Crippen LogP contribution is -2.61. The lowest BCUT2D eigenvalue weighted by molar-refractivity contribution is -0.135. The molecule has 0 aliphatic carbocycles. The van der Waals surface area contributed by atoms with E-state index in [0.717, 1.165) is 12.1 Å². The Labute approximate surface area is 101 Å². The number of piperazine rings is 1. The highest BCUT2D eigenvalue weighted by molar-refractivity contribution is 5.86. The highest BCUT2D eigenvalue weighted by Crippen LogP contribution is 2.21. The second-order valence-electron chi connectivity index (χ2n) is 4.78. The van der Waals surface area contributed by atoms with Crippen molar-refractivity contribution in [1.29, 1.82) is 0 Å². The number of nitrogens with two attached hydrogens (primary N) is 1. The molecule has 1 fully saturated rings. The van der Waals surface area contributed by atoms with Gasteiger partial charge in [-0.05, 0) is 19.9 Å². The van der Waals surface area contributed by atoms with E-state index in [-0.39, 0.29) is 5.91 Å². The molecule has 0 bridgehead atoms. The molecule has 3 N–H and O–H groups in total. The second-order valence-corrected chi connectivity index (χ2v) is 4.78. The number of anilines is 1. The summed E-state index contributed by atoms with van der Waals surface area (Å²) >= 11 is 0. The monoisotopic (exact) mass is 234 g/mol. The zero-order chi connectivity index (χ0) is 12.5. The van der Waals surface area contributed by atoms with Crippen molar-refractivity contribution in [2.45, 2.75) is 25.9 Å². The standard InChI is InChI=1S/C12H18N4O/c1-12(2)11(17)15-6-7-16(12)8-9-4-3-5-14-10(9)13/h3-5H,6-8H2,1-2H3,(H2,13,14)(H,15,17). The Morgan fingerprint density at radius 1 is 1.59 bits per heavy atom. The van der Waals surface area contributed by atoms with E-state index >= 15 is 0 Å². The Kier molecular flexibility index (Phi) is 3.02. The predicted octanol–water partition coefficient (Wildman–Crippen LogP) is 0.374. The number of aromatic nitrogens is 1. The minimum atomic E-state index is -0.499. The van der Waals surface area contributed by atoms with Crippen LogP contribution in [0.1, 0.15) is 19.4 Å². The predicted molar refractivity (Wildman–Crippen MR) is 66.1 cm³/mol. The first-order chi connectivity index (χ1) is 8.01. The van der Waals surface area contributed by atoms with Crippen LogP contribution in [0.4, 0.5) is 5.82 Å². The van der Waals surface area contributed by atoms with Gasteiger partial charge in [-0.15, -0.1) is 0 Å². The third-order valence-corrected chi connectivity index (χ3v) is 3.30. The Balaban J connectivity index is 2.18. The molecule has 1 saturated heterocycles. The molecule has 5 nitrogen and oxygen atoms in total. The Bertz CT molecular complexity index is 430. The number of rotatable bonds is 2. The summed E-state index contributed by atoms with van der Waals surface area (Å²) in [4.78, 5) is 18.0. The molecule has 5 heteroatoms. The van der Waals surface area contributed by atoms with Crippen molar-refractivity contribution in [2.75, 3.05) is 18.8 Å². The Morgan fingerprint density at radius 3 is 3.06 bits per heavy atom. The smallest absolute Gasteiger partial charge is 0.240 e. The Hall–Kier alpha value is -1.62. The van der Waals surface area contributed by atoms with Crippen LogP contribution in [0.2, 0.25) is 0 Å². The third kappa shape index (κ3) is 2.24. The fourth-order valence-corrected chi connectivity index (χ4v) is 2.01. The van der Waals surface area contributed by atoms with Crippen LogP contribution in [0.5, 0.6) is 0 Å². The van der Waals surface area contributed by atoms with E-state index in [1.54, 1.807) is 6.20 Å². The average Bonchev–Trinajstić information content (AvgIpc) is 2.28. The molecular weight excluding hydrogens is 216 g/mol. The summed E-state index contributed by atoms with van der Waals surface area (Å²) in [6, 6.07) is 3.81. The van der Waals surface area contributed by atoms with E-state index in [4.69, 9.17) is 5.73 Å². The molecule has 1 aliphatic rings. The van der Waals surface area contributed by atoms with E-state index in [2.05, 4.69) is 15.2 Å². The molecule has 2 rings (SSSR count). The minimum Gasteiger partial charge on any atom is -0.383 e. The van der Waals surface area contributed by atoms with Crippen molar-refractivity contribution >= 4 is 11.7 Å². The number of nitrogens with zero attached hydrogens (tertiary/aromatic N) is 2. The van der Waals surface area contributed by atoms with Gasteiger partial charge in [0.25, 0.3) is 0 Å². The van der Waals surface area contributed by atoms with Gasteiger partial charge in [-0.25, -0.2) is 4.98 Å². The number of amides is 1. The first kappa shape index (κ1) is 11.9. The summed E-state index contributed by atoms with van der Waals surface area (Å²) in [6.07, 6.45) is 1.67. The van der Waals surface area contributed by atoms with Gasteiger partial charge in [0.1, 0.15) is 5.82 Å². The number of hydrogen-bond donors (Lipinski definition) is 2. The second kappa shape index (κ2) is 4.33. The maximum Gasteiger partial charge on any atom is 0.240 e. The normalized spacial score (nSPS) is 20.0. The van der Waals surface area contributed by atoms with Gasteiger partial charge in [0.05, 0.1) is 5.54 Å². The largest absolute Gasteiger partial charge is 0.383 e. The number of hydrogen-bond acceptors (Lipinski definition) is 4. The third-order valence-electron chi connectivity index (χ3n) is 3.30. The fourth-order valence-electron chi connectivity index (χ4n) is 2.01. The van der Waals surface area contributed by atoms with E-state index in [1.165, 1.54) is 0 Å². The van der Waals surface area contributed by atoms with E-state index < -0.39 is 5.54 Å². The zero-order valence-corrected chi connectivity index (χ0v) is 10.2. The number of nitrogens with one attached hydrogen (secondary N) is 1. The van der Waals surface area contributed by atoms with Gasteiger partial charge in [-0.2, -0.15) is 0 Å². The van der Waals surface area contributed by atoms with Crippen molar-refractivity contribution in [3.05, 3.63) is 23.9 Å². The van der Waals surface area contributed by atoms with Gasteiger partial charge in [-0.1, -0.05) is 6.07 Å².